The molecule has 0 aliphatic heterocycles. The zero-order chi connectivity index (χ0) is 24.6. The Labute approximate surface area is 202 Å². The Hall–Kier alpha value is -3.38. The Morgan fingerprint density at radius 3 is 2.59 bits per heavy atom. The van der Waals surface area contributed by atoms with E-state index in [0.29, 0.717) is 36.7 Å². The summed E-state index contributed by atoms with van der Waals surface area (Å²) >= 11 is 5.52. The fourth-order valence-corrected chi connectivity index (χ4v) is 3.82. The molecule has 0 radical (unpaired) electrons. The molecule has 2 aromatic carbocycles. The van der Waals surface area contributed by atoms with E-state index in [1.807, 2.05) is 23.6 Å². The van der Waals surface area contributed by atoms with Gasteiger partial charge in [0.2, 0.25) is 0 Å². The Bertz CT molecular complexity index is 1130. The highest BCUT2D eigenvalue weighted by Crippen LogP contribution is 2.32. The summed E-state index contributed by atoms with van der Waals surface area (Å²) in [4.78, 5) is 6.02. The van der Waals surface area contributed by atoms with Gasteiger partial charge in [0, 0.05) is 44.5 Å². The second kappa shape index (κ2) is 11.7. The number of imidazole rings is 1. The van der Waals surface area contributed by atoms with Crippen LogP contribution in [0.1, 0.15) is 41.3 Å². The molecule has 0 saturated carbocycles. The average Bonchev–Trinajstić information content (AvgIpc) is 3.27. The summed E-state index contributed by atoms with van der Waals surface area (Å²) in [5, 5.41) is 12.5. The molecule has 0 aliphatic rings. The highest BCUT2D eigenvalue weighted by Gasteiger charge is 2.33. The maximum atomic E-state index is 13.5. The summed E-state index contributed by atoms with van der Waals surface area (Å²) in [5.74, 6) is 0. The van der Waals surface area contributed by atoms with Crippen molar-refractivity contribution in [1.82, 2.24) is 19.8 Å². The van der Waals surface area contributed by atoms with E-state index in [-0.39, 0.29) is 12.1 Å². The lowest BCUT2D eigenvalue weighted by Gasteiger charge is -2.27. The van der Waals surface area contributed by atoms with Crippen LogP contribution in [-0.2, 0) is 25.7 Å². The van der Waals surface area contributed by atoms with Crippen molar-refractivity contribution < 1.29 is 13.2 Å². The van der Waals surface area contributed by atoms with Gasteiger partial charge in [-0.05, 0) is 48.0 Å². The number of hydrogen-bond donors (Lipinski definition) is 1. The van der Waals surface area contributed by atoms with Gasteiger partial charge < -0.3 is 14.8 Å². The summed E-state index contributed by atoms with van der Waals surface area (Å²) in [7, 11) is 0. The van der Waals surface area contributed by atoms with Gasteiger partial charge in [0.15, 0.2) is 5.11 Å². The maximum absolute atomic E-state index is 13.5. The zero-order valence-electron chi connectivity index (χ0n) is 18.8. The number of nitriles is 1. The Balaban J connectivity index is 1.75. The van der Waals surface area contributed by atoms with E-state index in [1.165, 1.54) is 12.1 Å². The number of rotatable bonds is 9. The summed E-state index contributed by atoms with van der Waals surface area (Å²) in [5.41, 5.74) is 2.09. The minimum absolute atomic E-state index is 0.0506. The van der Waals surface area contributed by atoms with Gasteiger partial charge in [0.05, 0.1) is 23.5 Å². The summed E-state index contributed by atoms with van der Waals surface area (Å²) in [6.07, 6.45) is 0.460. The van der Waals surface area contributed by atoms with Crippen LogP contribution in [0.15, 0.2) is 61.1 Å². The molecule has 0 aliphatic carbocycles. The maximum Gasteiger partial charge on any atom is 0.416 e. The van der Waals surface area contributed by atoms with Crippen LogP contribution in [-0.4, -0.2) is 32.7 Å². The number of nitrogens with zero attached hydrogens (tertiary/aromatic N) is 4. The molecule has 178 valence electrons. The Morgan fingerprint density at radius 2 is 1.91 bits per heavy atom. The van der Waals surface area contributed by atoms with Crippen LogP contribution in [0.2, 0.25) is 0 Å². The van der Waals surface area contributed by atoms with Gasteiger partial charge in [-0.3, -0.25) is 0 Å². The molecule has 0 spiro atoms. The summed E-state index contributed by atoms with van der Waals surface area (Å²) in [6, 6.07) is 15.0. The Kier molecular flexibility index (Phi) is 8.66. The minimum Gasteiger partial charge on any atom is -0.363 e. The third-order valence-electron chi connectivity index (χ3n) is 5.37. The van der Waals surface area contributed by atoms with Crippen molar-refractivity contribution in [1.29, 1.82) is 5.26 Å². The predicted octanol–water partition coefficient (Wildman–Crippen LogP) is 5.15. The van der Waals surface area contributed by atoms with Crippen molar-refractivity contribution in [3.8, 4) is 6.07 Å². The van der Waals surface area contributed by atoms with Gasteiger partial charge in [0.25, 0.3) is 0 Å². The molecule has 0 fully saturated rings. The lowest BCUT2D eigenvalue weighted by atomic mass is 10.1. The normalized spacial score (nSPS) is 11.1. The van der Waals surface area contributed by atoms with Gasteiger partial charge in [-0.15, -0.1) is 0 Å². The first-order valence-corrected chi connectivity index (χ1v) is 11.4. The third kappa shape index (κ3) is 6.81. The van der Waals surface area contributed by atoms with E-state index < -0.39 is 11.7 Å². The number of nitrogens with one attached hydrogen (secondary N) is 1. The fourth-order valence-electron chi connectivity index (χ4n) is 3.57. The molecule has 0 atom stereocenters. The smallest absolute Gasteiger partial charge is 0.363 e. The predicted molar refractivity (Wildman–Crippen MR) is 129 cm³/mol. The first-order valence-electron chi connectivity index (χ1n) is 11.0. The van der Waals surface area contributed by atoms with Crippen molar-refractivity contribution in [2.75, 3.05) is 13.1 Å². The van der Waals surface area contributed by atoms with E-state index in [4.69, 9.17) is 17.5 Å². The monoisotopic (exact) mass is 485 g/mol. The van der Waals surface area contributed by atoms with E-state index in [1.54, 1.807) is 35.6 Å². The van der Waals surface area contributed by atoms with E-state index in [9.17, 15) is 13.2 Å². The lowest BCUT2D eigenvalue weighted by Crippen LogP contribution is -2.41. The third-order valence-corrected chi connectivity index (χ3v) is 5.77. The first-order chi connectivity index (χ1) is 16.3. The molecule has 5 nitrogen and oxygen atoms in total. The lowest BCUT2D eigenvalue weighted by molar-refractivity contribution is -0.138. The van der Waals surface area contributed by atoms with Crippen LogP contribution < -0.4 is 5.32 Å². The van der Waals surface area contributed by atoms with Crippen molar-refractivity contribution in [2.24, 2.45) is 0 Å². The summed E-state index contributed by atoms with van der Waals surface area (Å²) < 4.78 is 42.6. The Morgan fingerprint density at radius 1 is 1.18 bits per heavy atom. The van der Waals surface area contributed by atoms with Gasteiger partial charge in [0.1, 0.15) is 0 Å². The molecule has 0 unspecified atom stereocenters. The van der Waals surface area contributed by atoms with E-state index in [2.05, 4.69) is 16.4 Å². The molecular weight excluding hydrogens is 459 g/mol. The van der Waals surface area contributed by atoms with Crippen LogP contribution in [0, 0.1) is 11.3 Å². The topological polar surface area (TPSA) is 56.9 Å². The quantitative estimate of drug-likeness (QED) is 0.425. The van der Waals surface area contributed by atoms with Crippen LogP contribution in [0.3, 0.4) is 0 Å². The average molecular weight is 486 g/mol. The van der Waals surface area contributed by atoms with Crippen molar-refractivity contribution in [3.63, 3.8) is 0 Å². The zero-order valence-corrected chi connectivity index (χ0v) is 19.7. The number of hydrogen-bond acceptors (Lipinski definition) is 3. The summed E-state index contributed by atoms with van der Waals surface area (Å²) in [6.45, 7) is 3.71. The highest BCUT2D eigenvalue weighted by molar-refractivity contribution is 7.80. The molecule has 0 saturated heterocycles. The van der Waals surface area contributed by atoms with E-state index >= 15 is 0 Å². The molecule has 3 aromatic rings. The number of aromatic nitrogens is 2. The van der Waals surface area contributed by atoms with Gasteiger partial charge in [-0.25, -0.2) is 4.98 Å². The van der Waals surface area contributed by atoms with Gasteiger partial charge in [-0.1, -0.05) is 37.3 Å². The van der Waals surface area contributed by atoms with Crippen LogP contribution in [0.4, 0.5) is 13.2 Å². The van der Waals surface area contributed by atoms with E-state index in [0.717, 1.165) is 23.7 Å². The molecule has 1 N–H and O–H groups in total. The molecular formula is C25H26F3N5S. The van der Waals surface area contributed by atoms with Crippen LogP contribution in [0.25, 0.3) is 0 Å². The second-order valence-corrected chi connectivity index (χ2v) is 8.27. The highest BCUT2D eigenvalue weighted by atomic mass is 32.1. The van der Waals surface area contributed by atoms with Gasteiger partial charge >= 0.3 is 6.18 Å². The van der Waals surface area contributed by atoms with Crippen molar-refractivity contribution >= 4 is 17.3 Å². The number of benzene rings is 2. The van der Waals surface area contributed by atoms with Crippen LogP contribution >= 0.6 is 12.2 Å². The SMILES string of the molecule is CCCNC(=S)N(CCc1cncn1Cc1ccc(C#N)cc1)Cc1ccccc1C(F)(F)F. The molecule has 9 heteroatoms. The second-order valence-electron chi connectivity index (χ2n) is 7.88. The number of alkyl halides is 3. The molecule has 0 amide bonds. The molecule has 1 heterocycles. The van der Waals surface area contributed by atoms with Gasteiger partial charge in [-0.2, -0.15) is 18.4 Å². The molecule has 1 aromatic heterocycles. The molecule has 3 rings (SSSR count). The molecule has 0 bridgehead atoms. The minimum atomic E-state index is -4.43. The largest absolute Gasteiger partial charge is 0.416 e. The molecule has 34 heavy (non-hydrogen) atoms. The first kappa shape index (κ1) is 25.2. The van der Waals surface area contributed by atoms with Crippen molar-refractivity contribution in [2.45, 2.75) is 39.0 Å². The standard InChI is InChI=1S/C25H26F3N5S/c1-2-12-31-24(34)32(17-21-5-3-4-6-23(21)25(26,27)28)13-11-22-15-30-18-33(22)16-20-9-7-19(14-29)8-10-20/h3-10,15,18H,2,11-13,16-17H2,1H3,(H,31,34). The number of halogens is 3. The fraction of sp³-hybridized carbons (Fsp3) is 0.320. The van der Waals surface area contributed by atoms with Crippen molar-refractivity contribution in [3.05, 3.63) is 89.0 Å². The number of thiocarbonyl (C=S) groups is 1. The van der Waals surface area contributed by atoms with Crippen LogP contribution in [0.5, 0.6) is 0 Å².